The molecule has 0 radical (unpaired) electrons. The minimum absolute atomic E-state index is 0.753. The molecule has 2 heteroatoms. The molecule has 0 aromatic heterocycles. The van der Waals surface area contributed by atoms with Crippen molar-refractivity contribution < 1.29 is 0 Å². The molecule has 1 N–H and O–H groups in total. The van der Waals surface area contributed by atoms with Gasteiger partial charge in [0.1, 0.15) is 0 Å². The van der Waals surface area contributed by atoms with E-state index < -0.39 is 0 Å². The molecule has 78 valence electrons. The highest BCUT2D eigenvalue weighted by Gasteiger charge is 2.14. The monoisotopic (exact) mass is 209 g/mol. The minimum Gasteiger partial charge on any atom is -0.317 e. The topological polar surface area (TPSA) is 12.0 Å². The Morgan fingerprint density at radius 2 is 1.93 bits per heavy atom. The first-order valence-corrected chi connectivity index (χ1v) is 5.84. The van der Waals surface area contributed by atoms with E-state index in [1.165, 1.54) is 23.7 Å². The Bertz CT molecular complexity index is 247. The molecule has 0 amide bonds. The van der Waals surface area contributed by atoms with Crippen LogP contribution >= 0.6 is 8.86 Å². The maximum Gasteiger partial charge on any atom is -0.00431 e. The molecule has 0 bridgehead atoms. The van der Waals surface area contributed by atoms with Gasteiger partial charge < -0.3 is 5.32 Å². The van der Waals surface area contributed by atoms with Crippen molar-refractivity contribution in [3.8, 4) is 0 Å². The SMILES string of the molecule is C/C=C(\C=C/C(C)=P)C1CCNCC1. The summed E-state index contributed by atoms with van der Waals surface area (Å²) in [5.41, 5.74) is 1.48. The molecule has 1 heterocycles. The maximum atomic E-state index is 3.49. The highest BCUT2D eigenvalue weighted by molar-refractivity contribution is 7.21. The van der Waals surface area contributed by atoms with E-state index in [4.69, 9.17) is 0 Å². The summed E-state index contributed by atoms with van der Waals surface area (Å²) in [5.74, 6) is 0.753. The van der Waals surface area contributed by atoms with E-state index in [2.05, 4.69) is 46.3 Å². The van der Waals surface area contributed by atoms with Crippen molar-refractivity contribution in [3.05, 3.63) is 23.8 Å². The molecule has 1 fully saturated rings. The zero-order valence-electron chi connectivity index (χ0n) is 9.14. The Labute approximate surface area is 89.5 Å². The number of nitrogens with one attached hydrogen (secondary N) is 1. The summed E-state index contributed by atoms with van der Waals surface area (Å²) >= 11 is 0. The number of allylic oxidation sites excluding steroid dienone is 4. The normalized spacial score (nSPS) is 20.3. The van der Waals surface area contributed by atoms with Crippen molar-refractivity contribution in [2.75, 3.05) is 13.1 Å². The van der Waals surface area contributed by atoms with Gasteiger partial charge in [0.05, 0.1) is 0 Å². The van der Waals surface area contributed by atoms with E-state index in [-0.39, 0.29) is 0 Å². The largest absolute Gasteiger partial charge is 0.317 e. The molecule has 0 saturated carbocycles. The first kappa shape index (κ1) is 11.7. The van der Waals surface area contributed by atoms with Gasteiger partial charge in [0.15, 0.2) is 0 Å². The molecule has 1 rings (SSSR count). The third-order valence-corrected chi connectivity index (χ3v) is 2.84. The van der Waals surface area contributed by atoms with Crippen molar-refractivity contribution in [1.82, 2.24) is 5.32 Å². The predicted molar refractivity (Wildman–Crippen MR) is 67.5 cm³/mol. The molecule has 0 spiro atoms. The van der Waals surface area contributed by atoms with Gasteiger partial charge in [0, 0.05) is 0 Å². The molecule has 0 aromatic rings. The van der Waals surface area contributed by atoms with Crippen LogP contribution in [0.5, 0.6) is 0 Å². The third-order valence-electron chi connectivity index (χ3n) is 2.67. The Hall–Kier alpha value is -0.390. The summed E-state index contributed by atoms with van der Waals surface area (Å²) in [4.78, 5) is 0. The fourth-order valence-corrected chi connectivity index (χ4v) is 1.93. The molecule has 14 heavy (non-hydrogen) atoms. The molecular formula is C12H20NP. The number of hydrogen-bond donors (Lipinski definition) is 1. The second-order valence-electron chi connectivity index (χ2n) is 3.83. The lowest BCUT2D eigenvalue weighted by molar-refractivity contribution is 0.425. The standard InChI is InChI=1S/C12H20NP/c1-3-11(5-4-10(2)14)12-6-8-13-9-7-12/h3-5,12-14H,6-9H2,1-2H3/b5-4-,11-3+. The summed E-state index contributed by atoms with van der Waals surface area (Å²) in [6.45, 7) is 6.51. The second kappa shape index (κ2) is 6.16. The molecule has 1 nitrogen and oxygen atoms in total. The second-order valence-corrected chi connectivity index (χ2v) is 4.62. The van der Waals surface area contributed by atoms with Crippen LogP contribution in [0.25, 0.3) is 0 Å². The van der Waals surface area contributed by atoms with Crippen LogP contribution in [0.1, 0.15) is 26.7 Å². The maximum absolute atomic E-state index is 3.49. The average molecular weight is 209 g/mol. The summed E-state index contributed by atoms with van der Waals surface area (Å²) < 4.78 is 0. The summed E-state index contributed by atoms with van der Waals surface area (Å²) in [6, 6.07) is 0. The molecule has 0 aliphatic carbocycles. The number of rotatable bonds is 3. The Morgan fingerprint density at radius 3 is 2.43 bits per heavy atom. The van der Waals surface area contributed by atoms with Gasteiger partial charge in [0.25, 0.3) is 0 Å². The van der Waals surface area contributed by atoms with E-state index in [1.807, 2.05) is 0 Å². The fraction of sp³-hybridized carbons (Fsp3) is 0.583. The van der Waals surface area contributed by atoms with Gasteiger partial charge in [-0.15, -0.1) is 8.86 Å². The van der Waals surface area contributed by atoms with Crippen LogP contribution in [0.3, 0.4) is 0 Å². The first-order chi connectivity index (χ1) is 6.74. The summed E-state index contributed by atoms with van der Waals surface area (Å²) in [5, 5.41) is 4.57. The predicted octanol–water partition coefficient (Wildman–Crippen LogP) is 2.82. The van der Waals surface area contributed by atoms with E-state index in [9.17, 15) is 0 Å². The van der Waals surface area contributed by atoms with Crippen LogP contribution in [0, 0.1) is 5.92 Å². The lowest BCUT2D eigenvalue weighted by Crippen LogP contribution is -2.28. The van der Waals surface area contributed by atoms with Crippen LogP contribution in [-0.2, 0) is 0 Å². The van der Waals surface area contributed by atoms with Crippen LogP contribution < -0.4 is 5.32 Å². The van der Waals surface area contributed by atoms with Gasteiger partial charge in [-0.2, -0.15) is 0 Å². The van der Waals surface area contributed by atoms with Crippen LogP contribution in [0.4, 0.5) is 0 Å². The number of hydrogen-bond acceptors (Lipinski definition) is 1. The summed E-state index contributed by atoms with van der Waals surface area (Å²) in [7, 11) is 3.49. The van der Waals surface area contributed by atoms with Crippen molar-refractivity contribution in [2.45, 2.75) is 26.7 Å². The highest BCUT2D eigenvalue weighted by Crippen LogP contribution is 2.22. The minimum atomic E-state index is 0.753. The zero-order chi connectivity index (χ0) is 10.4. The van der Waals surface area contributed by atoms with Crippen LogP contribution in [0.2, 0.25) is 0 Å². The highest BCUT2D eigenvalue weighted by atomic mass is 31.0. The van der Waals surface area contributed by atoms with Gasteiger partial charge in [-0.05, 0) is 56.6 Å². The molecule has 1 saturated heterocycles. The molecule has 1 aliphatic heterocycles. The number of piperidine rings is 1. The van der Waals surface area contributed by atoms with Crippen molar-refractivity contribution in [3.63, 3.8) is 0 Å². The van der Waals surface area contributed by atoms with Crippen molar-refractivity contribution in [2.24, 2.45) is 5.92 Å². The quantitative estimate of drug-likeness (QED) is 0.556. The van der Waals surface area contributed by atoms with E-state index in [1.54, 1.807) is 0 Å². The van der Waals surface area contributed by atoms with Gasteiger partial charge in [-0.1, -0.05) is 18.2 Å². The Kier molecular flexibility index (Phi) is 5.14. The van der Waals surface area contributed by atoms with E-state index in [0.717, 1.165) is 19.0 Å². The van der Waals surface area contributed by atoms with E-state index in [0.29, 0.717) is 0 Å². The van der Waals surface area contributed by atoms with Gasteiger partial charge in [0.2, 0.25) is 0 Å². The van der Waals surface area contributed by atoms with Gasteiger partial charge >= 0.3 is 0 Å². The van der Waals surface area contributed by atoms with Crippen molar-refractivity contribution in [1.29, 1.82) is 0 Å². The molecule has 1 aliphatic rings. The summed E-state index contributed by atoms with van der Waals surface area (Å²) in [6.07, 6.45) is 9.14. The molecular weight excluding hydrogens is 189 g/mol. The van der Waals surface area contributed by atoms with Crippen LogP contribution in [0.15, 0.2) is 23.8 Å². The Morgan fingerprint density at radius 1 is 1.29 bits per heavy atom. The third kappa shape index (κ3) is 3.77. The van der Waals surface area contributed by atoms with Gasteiger partial charge in [-0.25, -0.2) is 0 Å². The lowest BCUT2D eigenvalue weighted by atomic mass is 9.89. The smallest absolute Gasteiger partial charge is 0.00431 e. The van der Waals surface area contributed by atoms with Gasteiger partial charge in [-0.3, -0.25) is 0 Å². The average Bonchev–Trinajstić information content (AvgIpc) is 2.20. The molecule has 0 atom stereocenters. The zero-order valence-corrected chi connectivity index (χ0v) is 10.1. The lowest BCUT2D eigenvalue weighted by Gasteiger charge is -2.23. The molecule has 0 aromatic carbocycles. The first-order valence-electron chi connectivity index (χ1n) is 5.34. The fourth-order valence-electron chi connectivity index (χ4n) is 1.84. The van der Waals surface area contributed by atoms with E-state index >= 15 is 0 Å². The van der Waals surface area contributed by atoms with Crippen molar-refractivity contribution >= 4 is 14.2 Å². The Balaban J connectivity index is 2.57. The van der Waals surface area contributed by atoms with Crippen LogP contribution in [-0.4, -0.2) is 18.4 Å². The molecule has 0 unspecified atom stereocenters.